The molecule has 0 spiro atoms. The van der Waals surface area contributed by atoms with Crippen molar-refractivity contribution in [3.63, 3.8) is 0 Å². The van der Waals surface area contributed by atoms with Gasteiger partial charge in [-0.25, -0.2) is 0 Å². The van der Waals surface area contributed by atoms with Crippen LogP contribution in [0.15, 0.2) is 24.3 Å². The van der Waals surface area contributed by atoms with Crippen LogP contribution in [0.2, 0.25) is 0 Å². The van der Waals surface area contributed by atoms with E-state index in [0.29, 0.717) is 12.1 Å². The van der Waals surface area contributed by atoms with Crippen molar-refractivity contribution >= 4 is 5.69 Å². The summed E-state index contributed by atoms with van der Waals surface area (Å²) in [6.45, 7) is 9.17. The van der Waals surface area contributed by atoms with Gasteiger partial charge in [-0.3, -0.25) is 0 Å². The van der Waals surface area contributed by atoms with E-state index in [1.807, 2.05) is 0 Å². The van der Waals surface area contributed by atoms with Gasteiger partial charge in [0.1, 0.15) is 0 Å². The fraction of sp³-hybridized carbons (Fsp3) is 0.684. The molecule has 0 aliphatic carbocycles. The van der Waals surface area contributed by atoms with Crippen LogP contribution in [-0.4, -0.2) is 19.1 Å². The maximum atomic E-state index is 3.64. The molecule has 0 bridgehead atoms. The zero-order valence-corrected chi connectivity index (χ0v) is 14.1. The lowest BCUT2D eigenvalue weighted by molar-refractivity contribution is 0.518. The molecule has 0 amide bonds. The first-order valence-corrected chi connectivity index (χ1v) is 8.86. The number of nitrogens with one attached hydrogen (secondary N) is 1. The Morgan fingerprint density at radius 2 is 1.90 bits per heavy atom. The van der Waals surface area contributed by atoms with Gasteiger partial charge in [-0.2, -0.15) is 0 Å². The minimum Gasteiger partial charge on any atom is -0.369 e. The number of benzene rings is 1. The topological polar surface area (TPSA) is 15.3 Å². The van der Waals surface area contributed by atoms with Crippen LogP contribution in [-0.2, 0) is 0 Å². The highest BCUT2D eigenvalue weighted by Gasteiger charge is 2.17. The summed E-state index contributed by atoms with van der Waals surface area (Å²) in [6, 6.07) is 10.5. The largest absolute Gasteiger partial charge is 0.369 e. The first-order chi connectivity index (χ1) is 10.3. The molecule has 118 valence electrons. The van der Waals surface area contributed by atoms with E-state index in [2.05, 4.69) is 55.3 Å². The summed E-state index contributed by atoms with van der Waals surface area (Å²) in [7, 11) is 0. The van der Waals surface area contributed by atoms with Gasteiger partial charge in [0.05, 0.1) is 0 Å². The smallest absolute Gasteiger partial charge is 0.0368 e. The Kier molecular flexibility index (Phi) is 6.56. The Labute approximate surface area is 130 Å². The van der Waals surface area contributed by atoms with Gasteiger partial charge < -0.3 is 10.2 Å². The summed E-state index contributed by atoms with van der Waals surface area (Å²) in [6.07, 6.45) is 7.78. The minimum atomic E-state index is 0.501. The standard InChI is InChI=1S/C19H32N2/c1-4-14-20-19(5-2)17-10-12-18(13-11-17)21-15-8-6-7-9-16(21)3/h10-13,16,19-20H,4-9,14-15H2,1-3H3. The van der Waals surface area contributed by atoms with Crippen molar-refractivity contribution in [2.75, 3.05) is 18.0 Å². The fourth-order valence-electron chi connectivity index (χ4n) is 3.37. The van der Waals surface area contributed by atoms with Crippen molar-refractivity contribution in [2.24, 2.45) is 0 Å². The molecule has 2 nitrogen and oxygen atoms in total. The maximum absolute atomic E-state index is 3.64. The van der Waals surface area contributed by atoms with Crippen LogP contribution in [0.1, 0.15) is 70.9 Å². The van der Waals surface area contributed by atoms with Crippen molar-refractivity contribution < 1.29 is 0 Å². The molecule has 1 aromatic rings. The Morgan fingerprint density at radius 3 is 2.57 bits per heavy atom. The molecule has 1 aliphatic rings. The molecule has 2 heteroatoms. The lowest BCUT2D eigenvalue weighted by Gasteiger charge is -2.30. The van der Waals surface area contributed by atoms with Crippen LogP contribution in [0.25, 0.3) is 0 Å². The molecule has 1 aliphatic heterocycles. The van der Waals surface area contributed by atoms with E-state index >= 15 is 0 Å². The number of nitrogens with zero attached hydrogens (tertiary/aromatic N) is 1. The molecule has 2 rings (SSSR count). The van der Waals surface area contributed by atoms with Gasteiger partial charge in [-0.1, -0.05) is 38.8 Å². The molecule has 0 saturated carbocycles. The zero-order valence-electron chi connectivity index (χ0n) is 14.1. The van der Waals surface area contributed by atoms with Gasteiger partial charge in [0.15, 0.2) is 0 Å². The summed E-state index contributed by atoms with van der Waals surface area (Å²) < 4.78 is 0. The summed E-state index contributed by atoms with van der Waals surface area (Å²) in [5, 5.41) is 3.64. The van der Waals surface area contributed by atoms with Crippen LogP contribution >= 0.6 is 0 Å². The van der Waals surface area contributed by atoms with Gasteiger partial charge in [0.2, 0.25) is 0 Å². The lowest BCUT2D eigenvalue weighted by Crippen LogP contribution is -2.32. The Bertz CT molecular complexity index is 399. The quantitative estimate of drug-likeness (QED) is 0.800. The summed E-state index contributed by atoms with van der Waals surface area (Å²) in [4.78, 5) is 2.59. The third-order valence-corrected chi connectivity index (χ3v) is 4.73. The third-order valence-electron chi connectivity index (χ3n) is 4.73. The summed E-state index contributed by atoms with van der Waals surface area (Å²) >= 11 is 0. The lowest BCUT2D eigenvalue weighted by atomic mass is 10.0. The van der Waals surface area contributed by atoms with Crippen LogP contribution in [0, 0.1) is 0 Å². The number of hydrogen-bond donors (Lipinski definition) is 1. The predicted molar refractivity (Wildman–Crippen MR) is 93.0 cm³/mol. The van der Waals surface area contributed by atoms with E-state index in [1.54, 1.807) is 0 Å². The SMILES string of the molecule is CCCNC(CC)c1ccc(N2CCCCCC2C)cc1. The van der Waals surface area contributed by atoms with Crippen LogP contribution in [0.3, 0.4) is 0 Å². The number of anilines is 1. The maximum Gasteiger partial charge on any atom is 0.0368 e. The number of rotatable bonds is 6. The molecule has 1 fully saturated rings. The molecule has 0 aromatic heterocycles. The van der Waals surface area contributed by atoms with E-state index in [4.69, 9.17) is 0 Å². The molecule has 0 radical (unpaired) electrons. The van der Waals surface area contributed by atoms with Crippen molar-refractivity contribution in [1.82, 2.24) is 5.32 Å². The third kappa shape index (κ3) is 4.47. The average molecular weight is 288 g/mol. The molecule has 2 unspecified atom stereocenters. The van der Waals surface area contributed by atoms with Crippen LogP contribution < -0.4 is 10.2 Å². The second kappa shape index (κ2) is 8.43. The molecule has 1 N–H and O–H groups in total. The fourth-order valence-corrected chi connectivity index (χ4v) is 3.37. The van der Waals surface area contributed by atoms with E-state index < -0.39 is 0 Å². The molecule has 1 aromatic carbocycles. The monoisotopic (exact) mass is 288 g/mol. The Morgan fingerprint density at radius 1 is 1.14 bits per heavy atom. The first kappa shape index (κ1) is 16.4. The van der Waals surface area contributed by atoms with E-state index in [0.717, 1.165) is 13.0 Å². The zero-order chi connectivity index (χ0) is 15.1. The van der Waals surface area contributed by atoms with Crippen molar-refractivity contribution in [3.8, 4) is 0 Å². The van der Waals surface area contributed by atoms with Crippen molar-refractivity contribution in [3.05, 3.63) is 29.8 Å². The average Bonchev–Trinajstić information content (AvgIpc) is 2.73. The van der Waals surface area contributed by atoms with Gasteiger partial charge in [0.25, 0.3) is 0 Å². The van der Waals surface area contributed by atoms with Crippen LogP contribution in [0.4, 0.5) is 5.69 Å². The molecule has 1 saturated heterocycles. The molecule has 1 heterocycles. The van der Waals surface area contributed by atoms with Gasteiger partial charge in [-0.15, -0.1) is 0 Å². The molecule has 2 atom stereocenters. The molecular weight excluding hydrogens is 256 g/mol. The Hall–Kier alpha value is -1.02. The molecular formula is C19H32N2. The summed E-state index contributed by atoms with van der Waals surface area (Å²) in [5.41, 5.74) is 2.83. The minimum absolute atomic E-state index is 0.501. The van der Waals surface area contributed by atoms with Gasteiger partial charge >= 0.3 is 0 Å². The first-order valence-electron chi connectivity index (χ1n) is 8.86. The van der Waals surface area contributed by atoms with Gasteiger partial charge in [-0.05, 0) is 56.8 Å². The van der Waals surface area contributed by atoms with Crippen molar-refractivity contribution in [2.45, 2.75) is 71.4 Å². The normalized spacial score (nSPS) is 21.1. The van der Waals surface area contributed by atoms with E-state index in [9.17, 15) is 0 Å². The highest BCUT2D eigenvalue weighted by atomic mass is 15.2. The van der Waals surface area contributed by atoms with Crippen molar-refractivity contribution in [1.29, 1.82) is 0 Å². The van der Waals surface area contributed by atoms with Gasteiger partial charge in [0, 0.05) is 24.3 Å². The predicted octanol–water partition coefficient (Wildman–Crippen LogP) is 4.91. The second-order valence-electron chi connectivity index (χ2n) is 6.40. The highest BCUT2D eigenvalue weighted by Crippen LogP contribution is 2.26. The summed E-state index contributed by atoms with van der Waals surface area (Å²) in [5.74, 6) is 0. The van der Waals surface area contributed by atoms with Crippen LogP contribution in [0.5, 0.6) is 0 Å². The molecule has 21 heavy (non-hydrogen) atoms. The highest BCUT2D eigenvalue weighted by molar-refractivity contribution is 5.49. The second-order valence-corrected chi connectivity index (χ2v) is 6.40. The number of hydrogen-bond acceptors (Lipinski definition) is 2. The Balaban J connectivity index is 2.06. The van der Waals surface area contributed by atoms with E-state index in [1.165, 1.54) is 49.9 Å². The van der Waals surface area contributed by atoms with E-state index in [-0.39, 0.29) is 0 Å².